The zero-order chi connectivity index (χ0) is 26.9. The van der Waals surface area contributed by atoms with Crippen LogP contribution in [0.4, 0.5) is 11.4 Å². The predicted octanol–water partition coefficient (Wildman–Crippen LogP) is 2.06. The van der Waals surface area contributed by atoms with Crippen LogP contribution in [0.1, 0.15) is 11.1 Å². The fraction of sp³-hybridized carbons (Fsp3) is 0.114. The molecule has 6 rings (SSSR count). The van der Waals surface area contributed by atoms with Crippen molar-refractivity contribution >= 4 is 36.1 Å². The quantitative estimate of drug-likeness (QED) is 0.272. The summed E-state index contributed by atoms with van der Waals surface area (Å²) in [6.07, 6.45) is 0. The van der Waals surface area contributed by atoms with Gasteiger partial charge in [0.05, 0.1) is 0 Å². The van der Waals surface area contributed by atoms with Gasteiger partial charge in [-0.25, -0.2) is 12.1 Å². The molecule has 0 bridgehead atoms. The van der Waals surface area contributed by atoms with E-state index in [9.17, 15) is 0 Å². The van der Waals surface area contributed by atoms with Gasteiger partial charge in [0.15, 0.2) is 0 Å². The number of benzene rings is 4. The van der Waals surface area contributed by atoms with Gasteiger partial charge in [0.1, 0.15) is 0 Å². The Labute approximate surface area is 266 Å². The molecule has 6 aromatic rings. The Bertz CT molecular complexity index is 1450. The SMILES string of the molecule is CN(C)c1ccc2c(c1)[cH-]c1cc(N(C)C)ccc12.[Cl-].[Cl-].[Zr+2]=[C](c1ccccc1)c1ccccc1.c1cc[cH-]c1. The molecular weight excluding hydrogens is 611 g/mol. The van der Waals surface area contributed by atoms with Crippen molar-refractivity contribution in [1.82, 2.24) is 0 Å². The molecule has 0 saturated carbocycles. The van der Waals surface area contributed by atoms with E-state index in [1.54, 1.807) is 0 Å². The van der Waals surface area contributed by atoms with Gasteiger partial charge in [-0.05, 0) is 0 Å². The molecule has 6 aromatic carbocycles. The molecule has 40 heavy (non-hydrogen) atoms. The van der Waals surface area contributed by atoms with Crippen LogP contribution in [0.3, 0.4) is 0 Å². The van der Waals surface area contributed by atoms with Crippen molar-refractivity contribution in [2.24, 2.45) is 0 Å². The van der Waals surface area contributed by atoms with Gasteiger partial charge in [-0.3, -0.25) is 0 Å². The molecule has 0 amide bonds. The van der Waals surface area contributed by atoms with Gasteiger partial charge in [-0.1, -0.05) is 36.4 Å². The molecule has 0 saturated heterocycles. The van der Waals surface area contributed by atoms with Crippen LogP contribution in [0.15, 0.2) is 133 Å². The summed E-state index contributed by atoms with van der Waals surface area (Å²) in [6, 6.07) is 46.7. The number of fused-ring (bicyclic) bond motifs is 3. The van der Waals surface area contributed by atoms with Gasteiger partial charge >= 0.3 is 99.2 Å². The first-order valence-corrected chi connectivity index (χ1v) is 14.0. The molecule has 0 aliphatic heterocycles. The zero-order valence-electron chi connectivity index (χ0n) is 23.4. The number of anilines is 2. The number of hydrogen-bond donors (Lipinski definition) is 0. The molecule has 0 spiro atoms. The largest absolute Gasteiger partial charge is 0.214 e. The second-order valence-corrected chi connectivity index (χ2v) is 10.8. The first-order valence-electron chi connectivity index (χ1n) is 12.8. The summed E-state index contributed by atoms with van der Waals surface area (Å²) in [5, 5.41) is 5.31. The van der Waals surface area contributed by atoms with Gasteiger partial charge < -0.3 is 34.6 Å². The third kappa shape index (κ3) is 8.77. The van der Waals surface area contributed by atoms with E-state index in [1.807, 2.05) is 30.3 Å². The molecule has 0 atom stereocenters. The Morgan fingerprint density at radius 3 is 1.27 bits per heavy atom. The fourth-order valence-electron chi connectivity index (χ4n) is 4.25. The van der Waals surface area contributed by atoms with E-state index in [0.29, 0.717) is 0 Å². The maximum atomic E-state index is 2.28. The fourth-order valence-corrected chi connectivity index (χ4v) is 5.07. The summed E-state index contributed by atoms with van der Waals surface area (Å²) in [6.45, 7) is 0. The molecule has 5 heteroatoms. The Hall–Kier alpha value is -2.97. The topological polar surface area (TPSA) is 6.48 Å². The summed E-state index contributed by atoms with van der Waals surface area (Å²) in [7, 11) is 8.31. The van der Waals surface area contributed by atoms with Crippen molar-refractivity contribution in [3.63, 3.8) is 0 Å². The van der Waals surface area contributed by atoms with E-state index in [0.717, 1.165) is 0 Å². The van der Waals surface area contributed by atoms with Crippen LogP contribution in [0, 0.1) is 0 Å². The third-order valence-electron chi connectivity index (χ3n) is 6.38. The molecule has 0 fully saturated rings. The van der Waals surface area contributed by atoms with Crippen LogP contribution in [-0.2, 0) is 24.2 Å². The van der Waals surface area contributed by atoms with Crippen LogP contribution >= 0.6 is 0 Å². The summed E-state index contributed by atoms with van der Waals surface area (Å²) in [5.41, 5.74) is 5.15. The minimum absolute atomic E-state index is 0. The van der Waals surface area contributed by atoms with E-state index in [4.69, 9.17) is 0 Å². The molecule has 204 valence electrons. The van der Waals surface area contributed by atoms with E-state index in [2.05, 4.69) is 141 Å². The first-order chi connectivity index (χ1) is 18.4. The van der Waals surface area contributed by atoms with E-state index < -0.39 is 0 Å². The molecule has 2 nitrogen and oxygen atoms in total. The minimum Gasteiger partial charge on any atom is -0.214 e. The van der Waals surface area contributed by atoms with E-state index in [-0.39, 0.29) is 24.8 Å². The number of hydrogen-bond acceptors (Lipinski definition) is 2. The molecule has 0 aliphatic rings. The van der Waals surface area contributed by atoms with Gasteiger partial charge in [0.2, 0.25) is 0 Å². The van der Waals surface area contributed by atoms with Gasteiger partial charge in [0, 0.05) is 39.6 Å². The number of halogens is 2. The smallest absolute Gasteiger partial charge is 0.172 e. The van der Waals surface area contributed by atoms with Gasteiger partial charge in [-0.2, -0.15) is 18.2 Å². The molecular formula is C35H34Cl2N2Zr-2. The third-order valence-corrected chi connectivity index (χ3v) is 7.80. The van der Waals surface area contributed by atoms with Crippen molar-refractivity contribution in [2.75, 3.05) is 38.0 Å². The Balaban J connectivity index is 0.000000235. The molecule has 0 unspecified atom stereocenters. The molecule has 0 N–H and O–H groups in total. The standard InChI is InChI=1S/C17H19N2.C13H10.C5H5.2ClH.Zr/c1-18(2)14-5-7-16-12(10-14)9-13-11-15(19(3)4)6-8-17(13)16;1-3-7-12(8-4-1)11-13-9-5-2-6-10-13;1-2-4-5-3-1;;;/h5-11H,1-4H3;1-10H;1-5H;2*1H;/q-1;;-1;;;+2/p-2. The molecule has 0 heterocycles. The van der Waals surface area contributed by atoms with Crippen LogP contribution < -0.4 is 34.6 Å². The number of rotatable bonds is 4. The van der Waals surface area contributed by atoms with Crippen LogP contribution in [0.2, 0.25) is 0 Å². The maximum Gasteiger partial charge on any atom is -0.172 e. The molecule has 0 radical (unpaired) electrons. The second-order valence-electron chi connectivity index (χ2n) is 9.55. The van der Waals surface area contributed by atoms with Gasteiger partial charge in [-0.15, -0.1) is 27.6 Å². The predicted molar refractivity (Wildman–Crippen MR) is 164 cm³/mol. The Morgan fingerprint density at radius 2 is 0.950 bits per heavy atom. The average Bonchev–Trinajstić information content (AvgIpc) is 3.65. The zero-order valence-corrected chi connectivity index (χ0v) is 27.3. The van der Waals surface area contributed by atoms with E-state index >= 15 is 0 Å². The monoisotopic (exact) mass is 642 g/mol. The van der Waals surface area contributed by atoms with Crippen LogP contribution in [0.25, 0.3) is 21.5 Å². The Kier molecular flexibility index (Phi) is 13.6. The summed E-state index contributed by atoms with van der Waals surface area (Å²) < 4.78 is 1.42. The normalized spacial score (nSPS) is 9.75. The van der Waals surface area contributed by atoms with Crippen molar-refractivity contribution in [1.29, 1.82) is 0 Å². The molecule has 0 aliphatic carbocycles. The second kappa shape index (κ2) is 16.3. The average molecular weight is 645 g/mol. The summed E-state index contributed by atoms with van der Waals surface area (Å²) in [5.74, 6) is 0. The van der Waals surface area contributed by atoms with Crippen molar-refractivity contribution < 1.29 is 49.0 Å². The van der Waals surface area contributed by atoms with Crippen molar-refractivity contribution in [2.45, 2.75) is 0 Å². The first kappa shape index (κ1) is 33.2. The number of nitrogens with zero attached hydrogens (tertiary/aromatic N) is 2. The van der Waals surface area contributed by atoms with Gasteiger partial charge in [0.25, 0.3) is 0 Å². The van der Waals surface area contributed by atoms with E-state index in [1.165, 1.54) is 71.5 Å². The maximum absolute atomic E-state index is 2.28. The molecule has 0 aromatic heterocycles. The van der Waals surface area contributed by atoms with Crippen molar-refractivity contribution in [3.05, 3.63) is 145 Å². The summed E-state index contributed by atoms with van der Waals surface area (Å²) in [4.78, 5) is 4.28. The van der Waals surface area contributed by atoms with Crippen LogP contribution in [0.5, 0.6) is 0 Å². The Morgan fingerprint density at radius 1 is 0.550 bits per heavy atom. The minimum atomic E-state index is 0. The summed E-state index contributed by atoms with van der Waals surface area (Å²) >= 11 is 1.46. The van der Waals surface area contributed by atoms with Crippen LogP contribution in [-0.4, -0.2) is 31.4 Å². The van der Waals surface area contributed by atoms with Crippen molar-refractivity contribution in [3.8, 4) is 0 Å².